The maximum Gasteiger partial charge on any atom is 0.160 e. The average molecular weight is 265 g/mol. The van der Waals surface area contributed by atoms with Gasteiger partial charge in [0.05, 0.1) is 13.2 Å². The molecule has 18 heavy (non-hydrogen) atoms. The lowest BCUT2D eigenvalue weighted by atomic mass is 10.2. The van der Waals surface area contributed by atoms with Crippen LogP contribution in [0.3, 0.4) is 0 Å². The first-order chi connectivity index (χ1) is 8.65. The molecule has 1 unspecified atom stereocenters. The van der Waals surface area contributed by atoms with Gasteiger partial charge in [0.2, 0.25) is 0 Å². The first-order valence-corrected chi connectivity index (χ1v) is 6.35. The molecule has 0 aliphatic carbocycles. The molecular formula is C12H15N3O2S. The second-order valence-electron chi connectivity index (χ2n) is 3.84. The second-order valence-corrected chi connectivity index (χ2v) is 4.85. The molecule has 2 N–H and O–H groups in total. The van der Waals surface area contributed by atoms with Gasteiger partial charge < -0.3 is 15.2 Å². The third kappa shape index (κ3) is 2.44. The average Bonchev–Trinajstić information content (AvgIpc) is 2.87. The molecule has 1 aromatic heterocycles. The van der Waals surface area contributed by atoms with Gasteiger partial charge in [-0.05, 0) is 32.2 Å². The number of phenolic OH excluding ortho intramolecular Hbond substituents is 1. The van der Waals surface area contributed by atoms with Gasteiger partial charge in [0, 0.05) is 5.56 Å². The van der Waals surface area contributed by atoms with Gasteiger partial charge in [-0.25, -0.2) is 0 Å². The van der Waals surface area contributed by atoms with Crippen LogP contribution in [0.4, 0.5) is 0 Å². The van der Waals surface area contributed by atoms with Crippen molar-refractivity contribution in [2.45, 2.75) is 13.0 Å². The van der Waals surface area contributed by atoms with E-state index in [1.807, 2.05) is 20.0 Å². The molecule has 6 heteroatoms. The van der Waals surface area contributed by atoms with Gasteiger partial charge in [0.15, 0.2) is 11.5 Å². The number of benzene rings is 1. The fourth-order valence-electron chi connectivity index (χ4n) is 1.47. The highest BCUT2D eigenvalue weighted by Crippen LogP contribution is 2.33. The van der Waals surface area contributed by atoms with Crippen LogP contribution in [0.1, 0.15) is 18.0 Å². The molecule has 2 rings (SSSR count). The minimum absolute atomic E-state index is 0.105. The minimum Gasteiger partial charge on any atom is -0.504 e. The molecule has 0 amide bonds. The van der Waals surface area contributed by atoms with Gasteiger partial charge in [0.1, 0.15) is 10.0 Å². The quantitative estimate of drug-likeness (QED) is 0.887. The molecule has 0 saturated heterocycles. The van der Waals surface area contributed by atoms with E-state index in [2.05, 4.69) is 15.5 Å². The molecular weight excluding hydrogens is 250 g/mol. The number of hydrogen-bond donors (Lipinski definition) is 2. The predicted octanol–water partition coefficient (Wildman–Crippen LogP) is 2.20. The zero-order valence-electron chi connectivity index (χ0n) is 10.5. The van der Waals surface area contributed by atoms with E-state index >= 15 is 0 Å². The topological polar surface area (TPSA) is 67.3 Å². The van der Waals surface area contributed by atoms with Crippen LogP contribution >= 0.6 is 11.3 Å². The Morgan fingerprint density at radius 2 is 2.17 bits per heavy atom. The van der Waals surface area contributed by atoms with E-state index in [0.29, 0.717) is 5.75 Å². The van der Waals surface area contributed by atoms with E-state index < -0.39 is 0 Å². The van der Waals surface area contributed by atoms with Gasteiger partial charge >= 0.3 is 0 Å². The standard InChI is InChI=1S/C12H15N3O2S/c1-7(13-2)11-14-15-12(18-11)8-4-5-10(17-3)9(16)6-8/h4-7,13,16H,1-3H3. The van der Waals surface area contributed by atoms with Crippen molar-refractivity contribution in [3.8, 4) is 22.1 Å². The third-order valence-electron chi connectivity index (χ3n) is 2.67. The van der Waals surface area contributed by atoms with E-state index in [1.165, 1.54) is 18.4 Å². The number of nitrogens with zero attached hydrogens (tertiary/aromatic N) is 2. The number of rotatable bonds is 4. The number of methoxy groups -OCH3 is 1. The van der Waals surface area contributed by atoms with E-state index in [9.17, 15) is 5.11 Å². The maximum atomic E-state index is 9.73. The number of ether oxygens (including phenoxy) is 1. The van der Waals surface area contributed by atoms with Crippen molar-refractivity contribution in [2.24, 2.45) is 0 Å². The summed E-state index contributed by atoms with van der Waals surface area (Å²) >= 11 is 1.50. The van der Waals surface area contributed by atoms with Crippen molar-refractivity contribution in [3.63, 3.8) is 0 Å². The Morgan fingerprint density at radius 1 is 1.39 bits per heavy atom. The highest BCUT2D eigenvalue weighted by atomic mass is 32.1. The van der Waals surface area contributed by atoms with Crippen LogP contribution in [0.15, 0.2) is 18.2 Å². The fraction of sp³-hybridized carbons (Fsp3) is 0.333. The number of phenols is 1. The van der Waals surface area contributed by atoms with Crippen molar-refractivity contribution in [1.82, 2.24) is 15.5 Å². The summed E-state index contributed by atoms with van der Waals surface area (Å²) in [5.41, 5.74) is 0.834. The summed E-state index contributed by atoms with van der Waals surface area (Å²) < 4.78 is 5.00. The van der Waals surface area contributed by atoms with Gasteiger partial charge in [-0.15, -0.1) is 10.2 Å². The third-order valence-corrected chi connectivity index (χ3v) is 3.82. The molecule has 0 spiro atoms. The normalized spacial score (nSPS) is 12.4. The molecule has 2 aromatic rings. The van der Waals surface area contributed by atoms with Crippen molar-refractivity contribution in [1.29, 1.82) is 0 Å². The molecule has 0 fully saturated rings. The Morgan fingerprint density at radius 3 is 2.78 bits per heavy atom. The Hall–Kier alpha value is -1.66. The summed E-state index contributed by atoms with van der Waals surface area (Å²) in [6.45, 7) is 2.02. The van der Waals surface area contributed by atoms with Crippen LogP contribution in [0.25, 0.3) is 10.6 Å². The lowest BCUT2D eigenvalue weighted by molar-refractivity contribution is 0.373. The molecule has 1 heterocycles. The largest absolute Gasteiger partial charge is 0.504 e. The molecule has 0 bridgehead atoms. The summed E-state index contributed by atoms with van der Waals surface area (Å²) in [7, 11) is 3.40. The number of aromatic hydroxyl groups is 1. The summed E-state index contributed by atoms with van der Waals surface area (Å²) in [4.78, 5) is 0. The van der Waals surface area contributed by atoms with Crippen molar-refractivity contribution >= 4 is 11.3 Å². The zero-order chi connectivity index (χ0) is 13.1. The monoisotopic (exact) mass is 265 g/mol. The molecule has 0 aliphatic rings. The Balaban J connectivity index is 2.31. The van der Waals surface area contributed by atoms with Crippen molar-refractivity contribution in [2.75, 3.05) is 14.2 Å². The van der Waals surface area contributed by atoms with Gasteiger partial charge in [-0.2, -0.15) is 0 Å². The molecule has 0 radical (unpaired) electrons. The first-order valence-electron chi connectivity index (χ1n) is 5.53. The van der Waals surface area contributed by atoms with E-state index in [-0.39, 0.29) is 11.8 Å². The van der Waals surface area contributed by atoms with Crippen molar-refractivity contribution in [3.05, 3.63) is 23.2 Å². The molecule has 1 aromatic carbocycles. The molecule has 5 nitrogen and oxygen atoms in total. The van der Waals surface area contributed by atoms with Crippen LogP contribution < -0.4 is 10.1 Å². The number of nitrogens with one attached hydrogen (secondary N) is 1. The highest BCUT2D eigenvalue weighted by molar-refractivity contribution is 7.14. The van der Waals surface area contributed by atoms with Crippen LogP contribution in [-0.4, -0.2) is 29.5 Å². The van der Waals surface area contributed by atoms with Crippen LogP contribution in [0.5, 0.6) is 11.5 Å². The predicted molar refractivity (Wildman–Crippen MR) is 71.0 cm³/mol. The summed E-state index contributed by atoms with van der Waals surface area (Å²) in [6.07, 6.45) is 0. The molecule has 0 saturated carbocycles. The molecule has 1 atom stereocenters. The second kappa shape index (κ2) is 5.32. The maximum absolute atomic E-state index is 9.73. The van der Waals surface area contributed by atoms with E-state index in [4.69, 9.17) is 4.74 Å². The van der Waals surface area contributed by atoms with Gasteiger partial charge in [0.25, 0.3) is 0 Å². The minimum atomic E-state index is 0.105. The Labute approximate surface area is 109 Å². The lowest BCUT2D eigenvalue weighted by Gasteiger charge is -2.04. The van der Waals surface area contributed by atoms with Crippen LogP contribution in [0.2, 0.25) is 0 Å². The summed E-state index contributed by atoms with van der Waals surface area (Å²) in [6, 6.07) is 5.37. The summed E-state index contributed by atoms with van der Waals surface area (Å²) in [5.74, 6) is 0.556. The van der Waals surface area contributed by atoms with E-state index in [0.717, 1.165) is 15.6 Å². The lowest BCUT2D eigenvalue weighted by Crippen LogP contribution is -2.11. The van der Waals surface area contributed by atoms with Crippen LogP contribution in [0, 0.1) is 0 Å². The Bertz CT molecular complexity index is 542. The van der Waals surface area contributed by atoms with Crippen LogP contribution in [-0.2, 0) is 0 Å². The smallest absolute Gasteiger partial charge is 0.160 e. The molecule has 96 valence electrons. The number of hydrogen-bond acceptors (Lipinski definition) is 6. The fourth-order valence-corrected chi connectivity index (χ4v) is 2.37. The van der Waals surface area contributed by atoms with Crippen molar-refractivity contribution < 1.29 is 9.84 Å². The first kappa shape index (κ1) is 12.8. The SMILES string of the molecule is CNC(C)c1nnc(-c2ccc(OC)c(O)c2)s1. The van der Waals surface area contributed by atoms with E-state index in [1.54, 1.807) is 12.1 Å². The number of aromatic nitrogens is 2. The van der Waals surface area contributed by atoms with Gasteiger partial charge in [-0.1, -0.05) is 11.3 Å². The Kier molecular flexibility index (Phi) is 3.78. The highest BCUT2D eigenvalue weighted by Gasteiger charge is 2.12. The molecule has 0 aliphatic heterocycles. The van der Waals surface area contributed by atoms with Gasteiger partial charge in [-0.3, -0.25) is 0 Å². The zero-order valence-corrected chi connectivity index (χ0v) is 11.3. The summed E-state index contributed by atoms with van der Waals surface area (Å²) in [5, 5.41) is 22.8.